The van der Waals surface area contributed by atoms with Crippen LogP contribution in [0.25, 0.3) is 5.70 Å². The van der Waals surface area contributed by atoms with Gasteiger partial charge in [0.15, 0.2) is 5.78 Å². The van der Waals surface area contributed by atoms with E-state index in [0.29, 0.717) is 17.2 Å². The number of esters is 1. The van der Waals surface area contributed by atoms with Crippen LogP contribution in [-0.4, -0.2) is 23.9 Å². The van der Waals surface area contributed by atoms with Crippen molar-refractivity contribution in [3.63, 3.8) is 0 Å². The Balaban J connectivity index is 1.92. The Morgan fingerprint density at radius 3 is 2.57 bits per heavy atom. The summed E-state index contributed by atoms with van der Waals surface area (Å²) in [4.78, 5) is 25.6. The number of halogens is 1. The number of benzene rings is 1. The highest BCUT2D eigenvalue weighted by molar-refractivity contribution is 6.33. The molecular formula is C25H34ClNO3. The summed E-state index contributed by atoms with van der Waals surface area (Å²) in [6, 6.07) is 3.65. The molecule has 0 spiro atoms. The first-order chi connectivity index (χ1) is 14.3. The van der Waals surface area contributed by atoms with Gasteiger partial charge in [0.05, 0.1) is 17.2 Å². The molecule has 1 N–H and O–H groups in total. The third-order valence-corrected chi connectivity index (χ3v) is 6.40. The average molecular weight is 432 g/mol. The fraction of sp³-hybridized carbons (Fsp3) is 0.600. The fourth-order valence-corrected chi connectivity index (χ4v) is 4.71. The van der Waals surface area contributed by atoms with Crippen LogP contribution in [0, 0.1) is 5.92 Å². The Labute approximate surface area is 185 Å². The van der Waals surface area contributed by atoms with E-state index in [2.05, 4.69) is 26.1 Å². The summed E-state index contributed by atoms with van der Waals surface area (Å²) in [6.45, 7) is 6.66. The van der Waals surface area contributed by atoms with E-state index in [4.69, 9.17) is 16.3 Å². The van der Waals surface area contributed by atoms with Crippen molar-refractivity contribution in [2.45, 2.75) is 84.1 Å². The zero-order valence-corrected chi connectivity index (χ0v) is 19.2. The number of hydrogen-bond donors (Lipinski definition) is 1. The second-order valence-corrected chi connectivity index (χ2v) is 9.72. The molecule has 1 fully saturated rings. The lowest BCUT2D eigenvalue weighted by Gasteiger charge is -2.36. The number of fused-ring (bicyclic) bond motifs is 1. The number of unbranched alkanes of at least 4 members (excludes halogenated alkanes) is 1. The molecule has 3 rings (SSSR count). The molecule has 0 atom stereocenters. The van der Waals surface area contributed by atoms with Crippen molar-refractivity contribution in [2.75, 3.05) is 6.61 Å². The number of rotatable bonds is 6. The number of allylic oxidation sites excluding steroid dienone is 1. The average Bonchev–Trinajstić information content (AvgIpc) is 2.96. The van der Waals surface area contributed by atoms with E-state index >= 15 is 0 Å². The van der Waals surface area contributed by atoms with Crippen molar-refractivity contribution in [1.29, 1.82) is 0 Å². The molecule has 164 valence electrons. The molecule has 0 aromatic heterocycles. The molecule has 0 unspecified atom stereocenters. The van der Waals surface area contributed by atoms with Crippen LogP contribution in [0.2, 0.25) is 5.02 Å². The van der Waals surface area contributed by atoms with Gasteiger partial charge in [-0.3, -0.25) is 4.79 Å². The summed E-state index contributed by atoms with van der Waals surface area (Å²) in [7, 11) is 0. The molecular weight excluding hydrogens is 398 g/mol. The minimum Gasteiger partial charge on any atom is -0.462 e. The molecule has 4 nitrogen and oxygen atoms in total. The standard InChI is InChI=1S/C25H34ClNO3/c1-4-5-12-30-24(29)20-14-19-18(13-21(20)26)16-25(2,3)27-22(19)15-23(28)17-10-8-6-7-9-11-17/h13-15,17,27H,4-12,16H2,1-3H3. The van der Waals surface area contributed by atoms with Crippen molar-refractivity contribution >= 4 is 29.1 Å². The molecule has 0 saturated heterocycles. The molecule has 5 heteroatoms. The zero-order chi connectivity index (χ0) is 21.7. The molecule has 1 heterocycles. The number of hydrogen-bond acceptors (Lipinski definition) is 4. The highest BCUT2D eigenvalue weighted by atomic mass is 35.5. The van der Waals surface area contributed by atoms with Gasteiger partial charge < -0.3 is 10.1 Å². The van der Waals surface area contributed by atoms with Crippen molar-refractivity contribution in [2.24, 2.45) is 5.92 Å². The Bertz CT molecular complexity index is 820. The summed E-state index contributed by atoms with van der Waals surface area (Å²) in [6.07, 6.45) is 10.9. The maximum atomic E-state index is 13.1. The van der Waals surface area contributed by atoms with E-state index < -0.39 is 5.97 Å². The lowest BCUT2D eigenvalue weighted by atomic mass is 9.84. The van der Waals surface area contributed by atoms with Crippen LogP contribution in [0.3, 0.4) is 0 Å². The molecule has 0 bridgehead atoms. The molecule has 1 aliphatic heterocycles. The number of nitrogens with one attached hydrogen (secondary N) is 1. The molecule has 0 radical (unpaired) electrons. The van der Waals surface area contributed by atoms with Gasteiger partial charge in [-0.15, -0.1) is 0 Å². The van der Waals surface area contributed by atoms with Gasteiger partial charge in [0.2, 0.25) is 0 Å². The monoisotopic (exact) mass is 431 g/mol. The van der Waals surface area contributed by atoms with Crippen molar-refractivity contribution < 1.29 is 14.3 Å². The highest BCUT2D eigenvalue weighted by Gasteiger charge is 2.31. The van der Waals surface area contributed by atoms with Gasteiger partial charge in [-0.2, -0.15) is 0 Å². The molecule has 1 aromatic rings. The van der Waals surface area contributed by atoms with Gasteiger partial charge in [-0.25, -0.2) is 4.79 Å². The molecule has 1 aliphatic carbocycles. The van der Waals surface area contributed by atoms with E-state index in [1.165, 1.54) is 12.8 Å². The zero-order valence-electron chi connectivity index (χ0n) is 18.5. The Morgan fingerprint density at radius 2 is 1.90 bits per heavy atom. The smallest absolute Gasteiger partial charge is 0.339 e. The van der Waals surface area contributed by atoms with Crippen LogP contribution in [0.5, 0.6) is 0 Å². The van der Waals surface area contributed by atoms with Crippen LogP contribution < -0.4 is 5.32 Å². The summed E-state index contributed by atoms with van der Waals surface area (Å²) in [5.41, 5.74) is 2.88. The van der Waals surface area contributed by atoms with Gasteiger partial charge >= 0.3 is 5.97 Å². The van der Waals surface area contributed by atoms with Crippen LogP contribution in [-0.2, 0) is 16.0 Å². The first-order valence-corrected chi connectivity index (χ1v) is 11.7. The maximum absolute atomic E-state index is 13.1. The first-order valence-electron chi connectivity index (χ1n) is 11.3. The third-order valence-electron chi connectivity index (χ3n) is 6.08. The van der Waals surface area contributed by atoms with Crippen molar-refractivity contribution in [3.05, 3.63) is 39.9 Å². The number of ketones is 1. The Morgan fingerprint density at radius 1 is 1.20 bits per heavy atom. The van der Waals surface area contributed by atoms with E-state index in [1.807, 2.05) is 6.07 Å². The molecule has 0 amide bonds. The Hall–Kier alpha value is -1.81. The first kappa shape index (κ1) is 22.9. The predicted molar refractivity (Wildman–Crippen MR) is 122 cm³/mol. The largest absolute Gasteiger partial charge is 0.462 e. The van der Waals surface area contributed by atoms with E-state index in [0.717, 1.165) is 61.8 Å². The molecule has 30 heavy (non-hydrogen) atoms. The topological polar surface area (TPSA) is 55.4 Å². The third kappa shape index (κ3) is 5.66. The van der Waals surface area contributed by atoms with Gasteiger partial charge in [0, 0.05) is 28.8 Å². The van der Waals surface area contributed by atoms with E-state index in [-0.39, 0.29) is 17.2 Å². The maximum Gasteiger partial charge on any atom is 0.339 e. The van der Waals surface area contributed by atoms with Crippen molar-refractivity contribution in [3.8, 4) is 0 Å². The quantitative estimate of drug-likeness (QED) is 0.256. The predicted octanol–water partition coefficient (Wildman–Crippen LogP) is 6.10. The minimum absolute atomic E-state index is 0.0982. The van der Waals surface area contributed by atoms with Crippen LogP contribution in [0.4, 0.5) is 0 Å². The van der Waals surface area contributed by atoms with Crippen LogP contribution in [0.1, 0.15) is 93.6 Å². The van der Waals surface area contributed by atoms with Gasteiger partial charge in [0.1, 0.15) is 0 Å². The molecule has 2 aliphatic rings. The summed E-state index contributed by atoms with van der Waals surface area (Å²) >= 11 is 6.45. The van der Waals surface area contributed by atoms with Crippen molar-refractivity contribution in [1.82, 2.24) is 5.32 Å². The highest BCUT2D eigenvalue weighted by Crippen LogP contribution is 2.34. The van der Waals surface area contributed by atoms with Crippen LogP contribution in [0.15, 0.2) is 18.2 Å². The van der Waals surface area contributed by atoms with Gasteiger partial charge in [-0.05, 0) is 57.2 Å². The van der Waals surface area contributed by atoms with E-state index in [9.17, 15) is 9.59 Å². The SMILES string of the molecule is CCCCOC(=O)c1cc2c(cc1Cl)CC(C)(C)NC2=CC(=O)C1CCCCCC1. The normalized spacial score (nSPS) is 20.2. The van der Waals surface area contributed by atoms with Crippen LogP contribution >= 0.6 is 11.6 Å². The number of carbonyl (C=O) groups is 2. The lowest BCUT2D eigenvalue weighted by Crippen LogP contribution is -2.44. The molecule has 1 aromatic carbocycles. The fourth-order valence-electron chi connectivity index (χ4n) is 4.44. The minimum atomic E-state index is -0.407. The van der Waals surface area contributed by atoms with Gasteiger partial charge in [-0.1, -0.05) is 50.6 Å². The summed E-state index contributed by atoms with van der Waals surface area (Å²) < 4.78 is 5.38. The van der Waals surface area contributed by atoms with E-state index in [1.54, 1.807) is 12.1 Å². The van der Waals surface area contributed by atoms with Gasteiger partial charge in [0.25, 0.3) is 0 Å². The summed E-state index contributed by atoms with van der Waals surface area (Å²) in [5, 5.41) is 3.92. The number of ether oxygens (including phenoxy) is 1. The second kappa shape index (κ2) is 10.00. The summed E-state index contributed by atoms with van der Waals surface area (Å²) in [5.74, 6) is -0.123. The Kier molecular flexibility index (Phi) is 7.62. The molecule has 1 saturated carbocycles. The second-order valence-electron chi connectivity index (χ2n) is 9.31. The lowest BCUT2D eigenvalue weighted by molar-refractivity contribution is -0.118. The number of carbonyl (C=O) groups excluding carboxylic acids is 2.